The predicted molar refractivity (Wildman–Crippen MR) is 119 cm³/mol. The van der Waals surface area contributed by atoms with Gasteiger partial charge in [-0.3, -0.25) is 9.59 Å². The first-order valence-corrected chi connectivity index (χ1v) is 10.2. The van der Waals surface area contributed by atoms with Crippen molar-refractivity contribution in [3.63, 3.8) is 0 Å². The summed E-state index contributed by atoms with van der Waals surface area (Å²) < 4.78 is 10.5. The van der Waals surface area contributed by atoms with Gasteiger partial charge in [0.25, 0.3) is 0 Å². The summed E-state index contributed by atoms with van der Waals surface area (Å²) >= 11 is 0. The van der Waals surface area contributed by atoms with Gasteiger partial charge in [-0.25, -0.2) is 4.79 Å². The lowest BCUT2D eigenvalue weighted by molar-refractivity contribution is -0.116. The van der Waals surface area contributed by atoms with Crippen LogP contribution in [0.15, 0.2) is 35.9 Å². The fraction of sp³-hybridized carbons (Fsp3) is 0.292. The lowest BCUT2D eigenvalue weighted by atomic mass is 9.94. The van der Waals surface area contributed by atoms with Crippen LogP contribution in [-0.2, 0) is 22.6 Å². The highest BCUT2D eigenvalue weighted by Gasteiger charge is 2.31. The summed E-state index contributed by atoms with van der Waals surface area (Å²) in [6.07, 6.45) is 3.02. The molecule has 0 aromatic heterocycles. The van der Waals surface area contributed by atoms with Crippen LogP contribution >= 0.6 is 0 Å². The minimum atomic E-state index is -0.536. The summed E-state index contributed by atoms with van der Waals surface area (Å²) in [7, 11) is 1.52. The molecular weight excluding hydrogens is 412 g/mol. The van der Waals surface area contributed by atoms with Gasteiger partial charge in [0.15, 0.2) is 0 Å². The maximum atomic E-state index is 12.2. The number of allylic oxidation sites excluding steroid dienone is 2. The number of methoxy groups -OCH3 is 1. The van der Waals surface area contributed by atoms with E-state index in [-0.39, 0.29) is 30.2 Å². The summed E-state index contributed by atoms with van der Waals surface area (Å²) in [5.74, 6) is -0.819. The van der Waals surface area contributed by atoms with Gasteiger partial charge >= 0.3 is 5.97 Å². The van der Waals surface area contributed by atoms with Gasteiger partial charge in [-0.2, -0.15) is 0 Å². The zero-order valence-corrected chi connectivity index (χ0v) is 18.3. The number of cyclic esters (lactones) is 1. The molecule has 32 heavy (non-hydrogen) atoms. The smallest absolute Gasteiger partial charge is 0.342 e. The van der Waals surface area contributed by atoms with Gasteiger partial charge in [0.1, 0.15) is 23.7 Å². The van der Waals surface area contributed by atoms with Gasteiger partial charge in [-0.05, 0) is 56.5 Å². The topological polar surface area (TPSA) is 128 Å². The number of fused-ring (bicyclic) bond motifs is 1. The number of rotatable bonds is 8. The molecule has 0 atom stereocenters. The number of hydrogen-bond donors (Lipinski definition) is 3. The Kier molecular flexibility index (Phi) is 6.82. The standard InChI is InChI=1S/C24H26N2O6/c1-13(5-11-19(27)26-16-8-6-15(7-9-16)23(25)29)4-10-17-21(28)20-18(12-32-24(20)30)14(2)22(17)31-3/h4,6-9,28H,5,10-12H2,1-3H3,(H2,25,29)(H,26,27). The lowest BCUT2D eigenvalue weighted by Gasteiger charge is -2.15. The summed E-state index contributed by atoms with van der Waals surface area (Å²) in [6.45, 7) is 3.85. The van der Waals surface area contributed by atoms with Gasteiger partial charge in [0, 0.05) is 28.8 Å². The molecule has 8 heteroatoms. The van der Waals surface area contributed by atoms with E-state index in [1.807, 2.05) is 19.9 Å². The summed E-state index contributed by atoms with van der Waals surface area (Å²) in [6, 6.07) is 6.35. The van der Waals surface area contributed by atoms with Crippen molar-refractivity contribution in [1.82, 2.24) is 0 Å². The number of carbonyl (C=O) groups excluding carboxylic acids is 3. The Morgan fingerprint density at radius 3 is 2.56 bits per heavy atom. The molecule has 0 aliphatic carbocycles. The van der Waals surface area contributed by atoms with Gasteiger partial charge in [-0.15, -0.1) is 0 Å². The van der Waals surface area contributed by atoms with Crippen LogP contribution in [0.1, 0.15) is 57.2 Å². The third-order valence-corrected chi connectivity index (χ3v) is 5.50. The molecule has 0 bridgehead atoms. The number of ether oxygens (including phenoxy) is 2. The normalized spacial score (nSPS) is 12.8. The van der Waals surface area contributed by atoms with Crippen molar-refractivity contribution in [2.75, 3.05) is 12.4 Å². The first-order valence-electron chi connectivity index (χ1n) is 10.2. The molecule has 0 fully saturated rings. The van der Waals surface area contributed by atoms with Crippen molar-refractivity contribution in [3.05, 3.63) is 63.7 Å². The van der Waals surface area contributed by atoms with E-state index in [1.54, 1.807) is 24.3 Å². The molecule has 0 spiro atoms. The summed E-state index contributed by atoms with van der Waals surface area (Å²) in [4.78, 5) is 35.3. The number of phenols is 1. The van der Waals surface area contributed by atoms with E-state index in [4.69, 9.17) is 15.2 Å². The second-order valence-electron chi connectivity index (χ2n) is 7.66. The first-order chi connectivity index (χ1) is 15.2. The molecule has 1 aliphatic heterocycles. The highest BCUT2D eigenvalue weighted by atomic mass is 16.5. The molecule has 0 saturated heterocycles. The number of esters is 1. The van der Waals surface area contributed by atoms with Crippen molar-refractivity contribution in [2.45, 2.75) is 39.7 Å². The Hall–Kier alpha value is -3.81. The van der Waals surface area contributed by atoms with Crippen molar-refractivity contribution in [3.8, 4) is 11.5 Å². The minimum Gasteiger partial charge on any atom is -0.507 e. The maximum Gasteiger partial charge on any atom is 0.342 e. The molecule has 4 N–H and O–H groups in total. The van der Waals surface area contributed by atoms with Gasteiger partial charge in [-0.1, -0.05) is 11.6 Å². The Morgan fingerprint density at radius 2 is 1.94 bits per heavy atom. The van der Waals surface area contributed by atoms with Crippen LogP contribution in [0.3, 0.4) is 0 Å². The van der Waals surface area contributed by atoms with E-state index in [2.05, 4.69) is 5.32 Å². The number of phenolic OH excluding ortho intramolecular Hbond substituents is 1. The van der Waals surface area contributed by atoms with Crippen LogP contribution in [0.25, 0.3) is 0 Å². The van der Waals surface area contributed by atoms with E-state index < -0.39 is 11.9 Å². The van der Waals surface area contributed by atoms with Gasteiger partial charge < -0.3 is 25.6 Å². The molecule has 2 aromatic rings. The van der Waals surface area contributed by atoms with Crippen LogP contribution < -0.4 is 15.8 Å². The monoisotopic (exact) mass is 438 g/mol. The SMILES string of the molecule is COc1c(C)c2c(c(O)c1CC=C(C)CCC(=O)Nc1ccc(C(N)=O)cc1)C(=O)OC2. The molecule has 2 aromatic carbocycles. The van der Waals surface area contributed by atoms with Crippen molar-refractivity contribution >= 4 is 23.5 Å². The molecule has 1 heterocycles. The Morgan fingerprint density at radius 1 is 1.25 bits per heavy atom. The molecule has 0 radical (unpaired) electrons. The average molecular weight is 438 g/mol. The van der Waals surface area contributed by atoms with E-state index in [9.17, 15) is 19.5 Å². The number of carbonyl (C=O) groups is 3. The number of anilines is 1. The van der Waals surface area contributed by atoms with E-state index in [0.29, 0.717) is 41.0 Å². The van der Waals surface area contributed by atoms with Gasteiger partial charge in [0.2, 0.25) is 11.8 Å². The van der Waals surface area contributed by atoms with Crippen molar-refractivity contribution in [2.24, 2.45) is 5.73 Å². The Balaban J connectivity index is 1.64. The van der Waals surface area contributed by atoms with Crippen LogP contribution in [0.4, 0.5) is 5.69 Å². The third kappa shape index (κ3) is 4.74. The molecule has 8 nitrogen and oxygen atoms in total. The number of nitrogens with two attached hydrogens (primary N) is 1. The zero-order valence-electron chi connectivity index (χ0n) is 18.3. The van der Waals surface area contributed by atoms with Crippen LogP contribution in [0, 0.1) is 6.92 Å². The number of benzene rings is 2. The Labute approximate surface area is 186 Å². The lowest BCUT2D eigenvalue weighted by Crippen LogP contribution is -2.13. The molecule has 168 valence electrons. The van der Waals surface area contributed by atoms with Crippen LogP contribution in [0.5, 0.6) is 11.5 Å². The number of aromatic hydroxyl groups is 1. The number of nitrogens with one attached hydrogen (secondary N) is 1. The summed E-state index contributed by atoms with van der Waals surface area (Å²) in [5.41, 5.74) is 9.24. The fourth-order valence-corrected chi connectivity index (χ4v) is 3.66. The molecule has 0 unspecified atom stereocenters. The number of hydrogen-bond acceptors (Lipinski definition) is 6. The zero-order chi connectivity index (χ0) is 23.4. The summed E-state index contributed by atoms with van der Waals surface area (Å²) in [5, 5.41) is 13.4. The highest BCUT2D eigenvalue weighted by Crippen LogP contribution is 2.42. The largest absolute Gasteiger partial charge is 0.507 e. The number of amides is 2. The quantitative estimate of drug-likeness (QED) is 0.428. The van der Waals surface area contributed by atoms with Crippen molar-refractivity contribution in [1.29, 1.82) is 0 Å². The van der Waals surface area contributed by atoms with E-state index in [0.717, 1.165) is 11.1 Å². The maximum absolute atomic E-state index is 12.2. The number of primary amides is 1. The van der Waals surface area contributed by atoms with Crippen molar-refractivity contribution < 1.29 is 29.0 Å². The second-order valence-corrected chi connectivity index (χ2v) is 7.66. The highest BCUT2D eigenvalue weighted by molar-refractivity contribution is 5.98. The second kappa shape index (κ2) is 9.55. The van der Waals surface area contributed by atoms with Crippen LogP contribution in [-0.4, -0.2) is 30.0 Å². The molecule has 2 amide bonds. The van der Waals surface area contributed by atoms with E-state index >= 15 is 0 Å². The minimum absolute atomic E-state index is 0.119. The average Bonchev–Trinajstić information content (AvgIpc) is 3.16. The molecule has 1 aliphatic rings. The molecule has 0 saturated carbocycles. The molecular formula is C24H26N2O6. The molecule has 3 rings (SSSR count). The van der Waals surface area contributed by atoms with E-state index in [1.165, 1.54) is 7.11 Å². The third-order valence-electron chi connectivity index (χ3n) is 5.50. The Bertz CT molecular complexity index is 1100. The van der Waals surface area contributed by atoms with Gasteiger partial charge in [0.05, 0.1) is 7.11 Å². The van der Waals surface area contributed by atoms with Crippen LogP contribution in [0.2, 0.25) is 0 Å². The fourth-order valence-electron chi connectivity index (χ4n) is 3.66. The predicted octanol–water partition coefficient (Wildman–Crippen LogP) is 3.39. The first kappa shape index (κ1) is 22.9.